The van der Waals surface area contributed by atoms with Crippen molar-refractivity contribution in [1.82, 2.24) is 0 Å². The van der Waals surface area contributed by atoms with Gasteiger partial charge < -0.3 is 4.74 Å². The fourth-order valence-corrected chi connectivity index (χ4v) is 4.66. The van der Waals surface area contributed by atoms with Crippen LogP contribution in [0.1, 0.15) is 6.92 Å². The van der Waals surface area contributed by atoms with E-state index in [1.165, 1.54) is 0 Å². The fourth-order valence-electron chi connectivity index (χ4n) is 0.598. The van der Waals surface area contributed by atoms with Crippen LogP contribution in [0, 0.1) is 0 Å². The Labute approximate surface area is 145 Å². The van der Waals surface area contributed by atoms with Crippen molar-refractivity contribution in [2.75, 3.05) is 6.61 Å². The number of esters is 1. The third-order valence-corrected chi connectivity index (χ3v) is 8.69. The summed E-state index contributed by atoms with van der Waals surface area (Å²) in [4.78, 5) is 11.1. The topological polar surface area (TPSA) is 26.3 Å². The molecule has 0 aromatic rings. The maximum atomic E-state index is 11.2. The van der Waals surface area contributed by atoms with Gasteiger partial charge in [-0.25, -0.2) is 4.79 Å². The summed E-state index contributed by atoms with van der Waals surface area (Å²) in [5, 5.41) is 0. The summed E-state index contributed by atoms with van der Waals surface area (Å²) >= 11 is 20.5. The molecule has 1 atom stereocenters. The number of halogens is 6. The summed E-state index contributed by atoms with van der Waals surface area (Å²) in [6, 6.07) is 0. The third-order valence-electron chi connectivity index (χ3n) is 1.40. The van der Waals surface area contributed by atoms with Crippen LogP contribution in [-0.4, -0.2) is 22.8 Å². The number of rotatable bonds is 4. The summed E-state index contributed by atoms with van der Waals surface area (Å²) in [6.07, 6.45) is 0. The first kappa shape index (κ1) is 18.1. The van der Waals surface area contributed by atoms with Gasteiger partial charge in [-0.2, -0.15) is 0 Å². The second-order valence-corrected chi connectivity index (χ2v) is 14.8. The van der Waals surface area contributed by atoms with Crippen molar-refractivity contribution >= 4 is 102 Å². The highest BCUT2D eigenvalue weighted by molar-refractivity contribution is 9.40. The quantitative estimate of drug-likeness (QED) is 0.247. The molecule has 2 nitrogen and oxygen atoms in total. The van der Waals surface area contributed by atoms with E-state index in [1.54, 1.807) is 6.92 Å². The standard InChI is InChI=1S/C8H8Br6O2/c1-4(2)5(15)16-3-7(10,11)6(9)8(12,13)14/h6H,1,3H2,2H3. The Morgan fingerprint density at radius 3 is 2.06 bits per heavy atom. The smallest absolute Gasteiger partial charge is 0.333 e. The molecule has 0 rings (SSSR count). The van der Waals surface area contributed by atoms with E-state index >= 15 is 0 Å². The number of carbonyl (C=O) groups is 1. The molecule has 0 aromatic heterocycles. The van der Waals surface area contributed by atoms with Crippen LogP contribution in [0.2, 0.25) is 0 Å². The first-order chi connectivity index (χ1) is 6.98. The second-order valence-electron chi connectivity index (χ2n) is 3.02. The molecule has 0 bridgehead atoms. The molecule has 0 aliphatic heterocycles. The summed E-state index contributed by atoms with van der Waals surface area (Å²) in [5.41, 5.74) is 0.365. The van der Waals surface area contributed by atoms with Gasteiger partial charge in [-0.1, -0.05) is 102 Å². The molecule has 0 saturated heterocycles. The van der Waals surface area contributed by atoms with Gasteiger partial charge in [-0.15, -0.1) is 0 Å². The van der Waals surface area contributed by atoms with Gasteiger partial charge in [-0.05, 0) is 6.92 Å². The van der Waals surface area contributed by atoms with Crippen molar-refractivity contribution in [1.29, 1.82) is 0 Å². The summed E-state index contributed by atoms with van der Waals surface area (Å²) < 4.78 is 3.90. The zero-order valence-corrected chi connectivity index (χ0v) is 17.6. The zero-order chi connectivity index (χ0) is 13.1. The van der Waals surface area contributed by atoms with Crippen LogP contribution in [0.3, 0.4) is 0 Å². The number of hydrogen-bond donors (Lipinski definition) is 0. The van der Waals surface area contributed by atoms with E-state index in [4.69, 9.17) is 4.74 Å². The van der Waals surface area contributed by atoms with Gasteiger partial charge >= 0.3 is 5.97 Å². The van der Waals surface area contributed by atoms with Crippen LogP contribution in [0.5, 0.6) is 0 Å². The van der Waals surface area contributed by atoms with Crippen LogP contribution in [-0.2, 0) is 9.53 Å². The Bertz CT molecular complexity index is 283. The van der Waals surface area contributed by atoms with Crippen molar-refractivity contribution in [2.45, 2.75) is 17.1 Å². The lowest BCUT2D eigenvalue weighted by molar-refractivity contribution is -0.139. The van der Waals surface area contributed by atoms with E-state index in [-0.39, 0.29) is 11.4 Å². The lowest BCUT2D eigenvalue weighted by Gasteiger charge is -2.31. The Morgan fingerprint density at radius 2 is 1.75 bits per heavy atom. The molecule has 0 aromatic carbocycles. The lowest BCUT2D eigenvalue weighted by atomic mass is 10.3. The Kier molecular flexibility index (Phi) is 7.95. The molecular weight excluding hydrogens is 608 g/mol. The highest BCUT2D eigenvalue weighted by Gasteiger charge is 2.44. The van der Waals surface area contributed by atoms with E-state index in [0.717, 1.165) is 0 Å². The predicted octanol–water partition coefficient (Wildman–Crippen LogP) is 5.19. The number of alkyl halides is 6. The van der Waals surface area contributed by atoms with Gasteiger partial charge in [0.25, 0.3) is 0 Å². The summed E-state index contributed by atoms with van der Waals surface area (Å²) in [6.45, 7) is 5.24. The molecule has 0 heterocycles. The minimum atomic E-state index is -0.623. The molecule has 0 saturated carbocycles. The zero-order valence-electron chi connectivity index (χ0n) is 8.08. The van der Waals surface area contributed by atoms with E-state index in [1.807, 2.05) is 0 Å². The molecule has 1 unspecified atom stereocenters. The fraction of sp³-hybridized carbons (Fsp3) is 0.625. The number of carbonyl (C=O) groups excluding carboxylic acids is 1. The molecule has 0 amide bonds. The maximum absolute atomic E-state index is 11.2. The molecule has 0 N–H and O–H groups in total. The van der Waals surface area contributed by atoms with E-state index in [0.29, 0.717) is 5.57 Å². The Hall–Kier alpha value is 2.09. The molecule has 0 radical (unpaired) electrons. The van der Waals surface area contributed by atoms with Gasteiger partial charge in [0.1, 0.15) is 12.0 Å². The van der Waals surface area contributed by atoms with Crippen molar-refractivity contribution in [2.24, 2.45) is 0 Å². The number of hydrogen-bond acceptors (Lipinski definition) is 2. The van der Waals surface area contributed by atoms with Crippen molar-refractivity contribution in [3.05, 3.63) is 12.2 Å². The van der Waals surface area contributed by atoms with Gasteiger partial charge in [-0.3, -0.25) is 0 Å². The van der Waals surface area contributed by atoms with Gasteiger partial charge in [0, 0.05) is 5.57 Å². The first-order valence-electron chi connectivity index (χ1n) is 3.89. The summed E-state index contributed by atoms with van der Waals surface area (Å²) in [5.74, 6) is -0.424. The van der Waals surface area contributed by atoms with Crippen LogP contribution in [0.25, 0.3) is 0 Å². The lowest BCUT2D eigenvalue weighted by Crippen LogP contribution is -2.39. The van der Waals surface area contributed by atoms with Crippen LogP contribution >= 0.6 is 95.6 Å². The molecule has 16 heavy (non-hydrogen) atoms. The monoisotopic (exact) mass is 610 g/mol. The predicted molar refractivity (Wildman–Crippen MR) is 88.6 cm³/mol. The SMILES string of the molecule is C=C(C)C(=O)OCC(Br)(Br)C(Br)C(Br)(Br)Br. The Morgan fingerprint density at radius 1 is 1.31 bits per heavy atom. The summed E-state index contributed by atoms with van der Waals surface area (Å²) in [7, 11) is 0. The highest BCUT2D eigenvalue weighted by Crippen LogP contribution is 2.50. The van der Waals surface area contributed by atoms with Gasteiger partial charge in [0.15, 0.2) is 0 Å². The van der Waals surface area contributed by atoms with Crippen molar-refractivity contribution in [3.8, 4) is 0 Å². The molecule has 94 valence electrons. The van der Waals surface area contributed by atoms with Crippen LogP contribution in [0.15, 0.2) is 12.2 Å². The van der Waals surface area contributed by atoms with Gasteiger partial charge in [0.2, 0.25) is 0 Å². The van der Waals surface area contributed by atoms with Gasteiger partial charge in [0.05, 0.1) is 4.83 Å². The molecule has 0 fully saturated rings. The number of ether oxygens (including phenoxy) is 1. The van der Waals surface area contributed by atoms with Crippen LogP contribution in [0.4, 0.5) is 0 Å². The van der Waals surface area contributed by atoms with Crippen molar-refractivity contribution < 1.29 is 9.53 Å². The normalized spacial score (nSPS) is 14.4. The molecule has 8 heteroatoms. The molecule has 0 aliphatic carbocycles. The maximum Gasteiger partial charge on any atom is 0.333 e. The van der Waals surface area contributed by atoms with Crippen LogP contribution < -0.4 is 0 Å². The molecule has 0 aliphatic rings. The molecule has 0 spiro atoms. The minimum absolute atomic E-state index is 0.138. The van der Waals surface area contributed by atoms with E-state index < -0.39 is 11.3 Å². The average molecular weight is 616 g/mol. The second kappa shape index (κ2) is 7.03. The largest absolute Gasteiger partial charge is 0.460 e. The Balaban J connectivity index is 4.47. The highest BCUT2D eigenvalue weighted by atomic mass is 80.0. The minimum Gasteiger partial charge on any atom is -0.460 e. The average Bonchev–Trinajstić information content (AvgIpc) is 2.11. The third kappa shape index (κ3) is 6.31. The van der Waals surface area contributed by atoms with E-state index in [9.17, 15) is 4.79 Å². The first-order valence-corrected chi connectivity index (χ1v) is 8.78. The van der Waals surface area contributed by atoms with Crippen molar-refractivity contribution in [3.63, 3.8) is 0 Å². The molecular formula is C8H8Br6O2. The van der Waals surface area contributed by atoms with E-state index in [2.05, 4.69) is 102 Å².